The topological polar surface area (TPSA) is 17.1 Å². The van der Waals surface area contributed by atoms with Crippen LogP contribution in [0.15, 0.2) is 23.3 Å². The molecule has 1 rings (SSSR count). The molecule has 0 aromatic rings. The molecule has 1 heteroatoms. The van der Waals surface area contributed by atoms with Crippen LogP contribution in [0, 0.1) is 6.42 Å². The Kier molecular flexibility index (Phi) is 2.05. The smallest absolute Gasteiger partial charge is 0.163 e. The van der Waals surface area contributed by atoms with Crippen molar-refractivity contribution >= 4 is 5.78 Å². The van der Waals surface area contributed by atoms with E-state index in [4.69, 9.17) is 0 Å². The molecule has 1 aliphatic rings. The lowest BCUT2D eigenvalue weighted by Crippen LogP contribution is -1.91. The largest absolute Gasteiger partial charge is 0.294 e. The summed E-state index contributed by atoms with van der Waals surface area (Å²) in [4.78, 5) is 11.0. The van der Waals surface area contributed by atoms with Gasteiger partial charge in [0.1, 0.15) is 0 Å². The van der Waals surface area contributed by atoms with Gasteiger partial charge in [-0.25, -0.2) is 0 Å². The van der Waals surface area contributed by atoms with E-state index in [1.165, 1.54) is 0 Å². The van der Waals surface area contributed by atoms with Gasteiger partial charge in [0.2, 0.25) is 0 Å². The predicted octanol–water partition coefficient (Wildman–Crippen LogP) is 2.06. The zero-order valence-corrected chi connectivity index (χ0v) is 6.35. The number of carbonyl (C=O) groups is 1. The Morgan fingerprint density at radius 2 is 2.30 bits per heavy atom. The lowest BCUT2D eigenvalue weighted by atomic mass is 10.1. The van der Waals surface area contributed by atoms with Crippen molar-refractivity contribution in [2.75, 3.05) is 0 Å². The maximum absolute atomic E-state index is 11.0. The van der Waals surface area contributed by atoms with E-state index in [2.05, 4.69) is 0 Å². The van der Waals surface area contributed by atoms with E-state index >= 15 is 0 Å². The first-order chi connectivity index (χ1) is 4.75. The minimum absolute atomic E-state index is 0.246. The Morgan fingerprint density at radius 3 is 2.70 bits per heavy atom. The lowest BCUT2D eigenvalue weighted by Gasteiger charge is -1.90. The van der Waals surface area contributed by atoms with Gasteiger partial charge in [-0.3, -0.25) is 4.79 Å². The molecule has 0 heterocycles. The lowest BCUT2D eigenvalue weighted by molar-refractivity contribution is -0.114. The fourth-order valence-electron chi connectivity index (χ4n) is 1.08. The predicted molar refractivity (Wildman–Crippen MR) is 41.4 cm³/mol. The van der Waals surface area contributed by atoms with Crippen LogP contribution < -0.4 is 0 Å². The van der Waals surface area contributed by atoms with Crippen LogP contribution in [-0.4, -0.2) is 5.78 Å². The van der Waals surface area contributed by atoms with E-state index in [9.17, 15) is 4.79 Å². The molecule has 0 N–H and O–H groups in total. The average molecular weight is 135 g/mol. The van der Waals surface area contributed by atoms with Crippen LogP contribution in [0.2, 0.25) is 0 Å². The number of carbonyl (C=O) groups excluding carboxylic acids is 1. The first kappa shape index (κ1) is 7.26. The third-order valence-corrected chi connectivity index (χ3v) is 1.65. The summed E-state index contributed by atoms with van der Waals surface area (Å²) in [7, 11) is 0. The summed E-state index contributed by atoms with van der Waals surface area (Å²) in [6.45, 7) is 3.89. The molecular weight excluding hydrogens is 124 g/mol. The summed E-state index contributed by atoms with van der Waals surface area (Å²) in [5.41, 5.74) is 1.99. The third-order valence-electron chi connectivity index (χ3n) is 1.65. The van der Waals surface area contributed by atoms with Gasteiger partial charge in [-0.1, -0.05) is 17.7 Å². The van der Waals surface area contributed by atoms with Crippen molar-refractivity contribution in [3.63, 3.8) is 0 Å². The Labute approximate surface area is 61.4 Å². The van der Waals surface area contributed by atoms with Gasteiger partial charge >= 0.3 is 0 Å². The van der Waals surface area contributed by atoms with Crippen LogP contribution in [0.1, 0.15) is 20.3 Å². The zero-order chi connectivity index (χ0) is 7.56. The molecule has 1 nitrogen and oxygen atoms in total. The summed E-state index contributed by atoms with van der Waals surface area (Å²) in [5.74, 6) is 0.246. The second kappa shape index (κ2) is 2.82. The fourth-order valence-corrected chi connectivity index (χ4v) is 1.08. The van der Waals surface area contributed by atoms with Gasteiger partial charge in [0, 0.05) is 12.0 Å². The number of rotatable bonds is 1. The van der Waals surface area contributed by atoms with Gasteiger partial charge in [-0.15, -0.1) is 0 Å². The molecule has 0 aromatic carbocycles. The monoisotopic (exact) mass is 135 g/mol. The molecule has 1 radical (unpaired) electrons. The Hall–Kier alpha value is -0.850. The third kappa shape index (κ3) is 1.18. The quantitative estimate of drug-likeness (QED) is 0.537. The van der Waals surface area contributed by atoms with Crippen LogP contribution in [0.3, 0.4) is 0 Å². The highest BCUT2D eigenvalue weighted by molar-refractivity contribution is 6.02. The van der Waals surface area contributed by atoms with E-state index in [0.717, 1.165) is 11.1 Å². The van der Waals surface area contributed by atoms with Gasteiger partial charge in [-0.05, 0) is 20.3 Å². The summed E-state index contributed by atoms with van der Waals surface area (Å²) in [5, 5.41) is 0. The van der Waals surface area contributed by atoms with Crippen molar-refractivity contribution in [1.82, 2.24) is 0 Å². The molecular formula is C9H11O. The first-order valence-corrected chi connectivity index (χ1v) is 3.45. The van der Waals surface area contributed by atoms with Crippen LogP contribution >= 0.6 is 0 Å². The molecule has 10 heavy (non-hydrogen) atoms. The zero-order valence-electron chi connectivity index (χ0n) is 6.35. The second-order valence-corrected chi connectivity index (χ2v) is 2.43. The van der Waals surface area contributed by atoms with Gasteiger partial charge in [0.25, 0.3) is 0 Å². The average Bonchev–Trinajstić information content (AvgIpc) is 2.20. The van der Waals surface area contributed by atoms with Crippen molar-refractivity contribution < 1.29 is 4.79 Å². The van der Waals surface area contributed by atoms with Crippen molar-refractivity contribution in [2.24, 2.45) is 0 Å². The van der Waals surface area contributed by atoms with Gasteiger partial charge in [0.05, 0.1) is 0 Å². The Balaban J connectivity index is 2.88. The first-order valence-electron chi connectivity index (χ1n) is 3.45. The summed E-state index contributed by atoms with van der Waals surface area (Å²) in [6.07, 6.45) is 6.33. The van der Waals surface area contributed by atoms with Gasteiger partial charge in [0.15, 0.2) is 5.78 Å². The number of hydrogen-bond acceptors (Lipinski definition) is 1. The maximum Gasteiger partial charge on any atom is 0.163 e. The van der Waals surface area contributed by atoms with Crippen molar-refractivity contribution in [3.05, 3.63) is 29.7 Å². The van der Waals surface area contributed by atoms with E-state index < -0.39 is 0 Å². The van der Waals surface area contributed by atoms with Crippen molar-refractivity contribution in [2.45, 2.75) is 20.3 Å². The molecule has 0 aliphatic heterocycles. The molecule has 0 saturated heterocycles. The summed E-state index contributed by atoms with van der Waals surface area (Å²) in [6, 6.07) is 0. The highest BCUT2D eigenvalue weighted by Gasteiger charge is 2.16. The van der Waals surface area contributed by atoms with Crippen LogP contribution in [0.5, 0.6) is 0 Å². The number of Topliss-reactive ketones (excluding diaryl/α,β-unsaturated/α-hetero) is 1. The summed E-state index contributed by atoms with van der Waals surface area (Å²) >= 11 is 0. The molecule has 0 unspecified atom stereocenters. The van der Waals surface area contributed by atoms with E-state index in [1.807, 2.05) is 32.4 Å². The highest BCUT2D eigenvalue weighted by Crippen LogP contribution is 2.21. The SMILES string of the molecule is CC=CC1=C(C)[CH]CC1=O. The molecule has 0 spiro atoms. The molecule has 0 amide bonds. The van der Waals surface area contributed by atoms with Crippen LogP contribution in [0.25, 0.3) is 0 Å². The van der Waals surface area contributed by atoms with Crippen LogP contribution in [-0.2, 0) is 4.79 Å². The molecule has 0 aromatic heterocycles. The molecule has 0 atom stereocenters. The molecule has 0 fully saturated rings. The van der Waals surface area contributed by atoms with E-state index in [0.29, 0.717) is 6.42 Å². The second-order valence-electron chi connectivity index (χ2n) is 2.43. The fraction of sp³-hybridized carbons (Fsp3) is 0.333. The standard InChI is InChI=1S/C9H11O/c1-3-4-8-7(2)5-6-9(8)10/h3-5H,6H2,1-2H3. The molecule has 1 aliphatic carbocycles. The molecule has 0 bridgehead atoms. The molecule has 0 saturated carbocycles. The molecule has 53 valence electrons. The Morgan fingerprint density at radius 1 is 1.60 bits per heavy atom. The van der Waals surface area contributed by atoms with Crippen LogP contribution in [0.4, 0.5) is 0 Å². The number of allylic oxidation sites excluding steroid dienone is 4. The number of ketones is 1. The minimum Gasteiger partial charge on any atom is -0.294 e. The van der Waals surface area contributed by atoms with Crippen molar-refractivity contribution in [3.8, 4) is 0 Å². The maximum atomic E-state index is 11.0. The number of hydrogen-bond donors (Lipinski definition) is 0. The van der Waals surface area contributed by atoms with Crippen molar-refractivity contribution in [1.29, 1.82) is 0 Å². The van der Waals surface area contributed by atoms with Gasteiger partial charge in [-0.2, -0.15) is 0 Å². The normalized spacial score (nSPS) is 19.6. The van der Waals surface area contributed by atoms with Gasteiger partial charge < -0.3 is 0 Å². The minimum atomic E-state index is 0.246. The summed E-state index contributed by atoms with van der Waals surface area (Å²) < 4.78 is 0. The van der Waals surface area contributed by atoms with E-state index in [-0.39, 0.29) is 5.78 Å². The Bertz CT molecular complexity index is 209. The highest BCUT2D eigenvalue weighted by atomic mass is 16.1. The van der Waals surface area contributed by atoms with E-state index in [1.54, 1.807) is 0 Å².